The Balaban J connectivity index is 2.17. The molecule has 4 nitrogen and oxygen atoms in total. The van der Waals surface area contributed by atoms with Crippen LogP contribution in [0.1, 0.15) is 36.7 Å². The Labute approximate surface area is 156 Å². The van der Waals surface area contributed by atoms with Crippen molar-refractivity contribution < 1.29 is 14.3 Å². The first-order valence-corrected chi connectivity index (χ1v) is 9.01. The Morgan fingerprint density at radius 2 is 1.88 bits per heavy atom. The smallest absolute Gasteiger partial charge is 0.255 e. The van der Waals surface area contributed by atoms with E-state index < -0.39 is 0 Å². The second kappa shape index (κ2) is 9.03. The summed E-state index contributed by atoms with van der Waals surface area (Å²) in [6.07, 6.45) is 0.115. The number of nitrogens with one attached hydrogen (secondary N) is 1. The Morgan fingerprint density at radius 3 is 2.50 bits per heavy atom. The first kappa shape index (κ1) is 18.7. The van der Waals surface area contributed by atoms with Gasteiger partial charge in [0.25, 0.3) is 5.91 Å². The number of halogens is 1. The van der Waals surface area contributed by atoms with Crippen LogP contribution in [0.25, 0.3) is 0 Å². The predicted octanol–water partition coefficient (Wildman–Crippen LogP) is 4.87. The highest BCUT2D eigenvalue weighted by Crippen LogP contribution is 2.23. The van der Waals surface area contributed by atoms with Crippen LogP contribution in [0, 0.1) is 3.57 Å². The molecule has 24 heavy (non-hydrogen) atoms. The summed E-state index contributed by atoms with van der Waals surface area (Å²) in [5, 5.41) is 2.91. The highest BCUT2D eigenvalue weighted by atomic mass is 127. The van der Waals surface area contributed by atoms with Crippen molar-refractivity contribution in [1.29, 1.82) is 0 Å². The van der Waals surface area contributed by atoms with E-state index in [0.717, 1.165) is 20.6 Å². The lowest BCUT2D eigenvalue weighted by atomic mass is 10.1. The summed E-state index contributed by atoms with van der Waals surface area (Å²) >= 11 is 2.23. The molecule has 0 unspecified atom stereocenters. The fraction of sp³-hybridized carbons (Fsp3) is 0.316. The number of amides is 1. The van der Waals surface area contributed by atoms with Crippen molar-refractivity contribution in [1.82, 2.24) is 0 Å². The molecule has 0 heterocycles. The molecular weight excluding hydrogens is 417 g/mol. The number of carbonyl (C=O) groups excluding carboxylic acids is 1. The molecule has 2 aromatic carbocycles. The normalized spacial score (nSPS) is 10.7. The van der Waals surface area contributed by atoms with Crippen LogP contribution in [0.3, 0.4) is 0 Å². The SMILES string of the molecule is CCOc1ccc(C(=O)Nc2ccc(I)cc2)cc1COC(C)C. The fourth-order valence-electron chi connectivity index (χ4n) is 2.12. The molecule has 0 aliphatic carbocycles. The molecule has 1 N–H and O–H groups in total. The van der Waals surface area contributed by atoms with Crippen LogP contribution in [0.15, 0.2) is 42.5 Å². The first-order valence-electron chi connectivity index (χ1n) is 7.94. The van der Waals surface area contributed by atoms with Crippen molar-refractivity contribution in [3.63, 3.8) is 0 Å². The number of anilines is 1. The quantitative estimate of drug-likeness (QED) is 0.627. The molecule has 0 bridgehead atoms. The van der Waals surface area contributed by atoms with Crippen molar-refractivity contribution in [2.45, 2.75) is 33.5 Å². The number of hydrogen-bond acceptors (Lipinski definition) is 3. The van der Waals surface area contributed by atoms with Crippen LogP contribution >= 0.6 is 22.6 Å². The number of hydrogen-bond donors (Lipinski definition) is 1. The van der Waals surface area contributed by atoms with Crippen LogP contribution < -0.4 is 10.1 Å². The highest BCUT2D eigenvalue weighted by molar-refractivity contribution is 14.1. The van der Waals surface area contributed by atoms with Gasteiger partial charge in [-0.2, -0.15) is 0 Å². The molecule has 0 fully saturated rings. The van der Waals surface area contributed by atoms with Crippen LogP contribution in [-0.2, 0) is 11.3 Å². The summed E-state index contributed by atoms with van der Waals surface area (Å²) < 4.78 is 12.4. The summed E-state index contributed by atoms with van der Waals surface area (Å²) in [7, 11) is 0. The van der Waals surface area contributed by atoms with E-state index >= 15 is 0 Å². The third kappa shape index (κ3) is 5.49. The fourth-order valence-corrected chi connectivity index (χ4v) is 2.48. The van der Waals surface area contributed by atoms with Gasteiger partial charge in [-0.1, -0.05) is 0 Å². The Bertz CT molecular complexity index is 684. The summed E-state index contributed by atoms with van der Waals surface area (Å²) in [5.41, 5.74) is 2.23. The van der Waals surface area contributed by atoms with Crippen molar-refractivity contribution in [2.24, 2.45) is 0 Å². The highest BCUT2D eigenvalue weighted by Gasteiger charge is 2.12. The third-order valence-electron chi connectivity index (χ3n) is 3.30. The molecule has 0 aliphatic rings. The van der Waals surface area contributed by atoms with E-state index in [1.165, 1.54) is 0 Å². The minimum Gasteiger partial charge on any atom is -0.494 e. The monoisotopic (exact) mass is 439 g/mol. The van der Waals surface area contributed by atoms with E-state index in [4.69, 9.17) is 9.47 Å². The van der Waals surface area contributed by atoms with Gasteiger partial charge in [0.2, 0.25) is 0 Å². The molecule has 1 amide bonds. The largest absolute Gasteiger partial charge is 0.494 e. The van der Waals surface area contributed by atoms with Gasteiger partial charge in [0, 0.05) is 20.4 Å². The zero-order valence-electron chi connectivity index (χ0n) is 14.1. The Kier molecular flexibility index (Phi) is 7.05. The molecular formula is C19H22INO3. The second-order valence-corrected chi connectivity index (χ2v) is 6.82. The molecule has 2 rings (SSSR count). The van der Waals surface area contributed by atoms with Gasteiger partial charge in [-0.05, 0) is 85.8 Å². The summed E-state index contributed by atoms with van der Waals surface area (Å²) in [6.45, 7) is 6.88. The van der Waals surface area contributed by atoms with Crippen LogP contribution in [0.4, 0.5) is 5.69 Å². The van der Waals surface area contributed by atoms with E-state index in [-0.39, 0.29) is 12.0 Å². The number of carbonyl (C=O) groups is 1. The molecule has 0 saturated carbocycles. The van der Waals surface area contributed by atoms with Gasteiger partial charge in [0.15, 0.2) is 0 Å². The maximum absolute atomic E-state index is 12.5. The molecule has 0 aliphatic heterocycles. The lowest BCUT2D eigenvalue weighted by molar-refractivity contribution is 0.0641. The average Bonchev–Trinajstić information content (AvgIpc) is 2.56. The molecule has 2 aromatic rings. The van der Waals surface area contributed by atoms with Gasteiger partial charge in [0.05, 0.1) is 19.3 Å². The van der Waals surface area contributed by atoms with Gasteiger partial charge >= 0.3 is 0 Å². The molecule has 0 spiro atoms. The summed E-state index contributed by atoms with van der Waals surface area (Å²) in [5.74, 6) is 0.606. The first-order chi connectivity index (χ1) is 11.5. The number of benzene rings is 2. The van der Waals surface area contributed by atoms with Crippen LogP contribution in [0.5, 0.6) is 5.75 Å². The van der Waals surface area contributed by atoms with E-state index in [9.17, 15) is 4.79 Å². The van der Waals surface area contributed by atoms with Gasteiger partial charge in [-0.15, -0.1) is 0 Å². The van der Waals surface area contributed by atoms with Crippen molar-refractivity contribution in [3.8, 4) is 5.75 Å². The minimum absolute atomic E-state index is 0.115. The zero-order valence-corrected chi connectivity index (χ0v) is 16.3. The van der Waals surface area contributed by atoms with Crippen molar-refractivity contribution in [3.05, 3.63) is 57.2 Å². The van der Waals surface area contributed by atoms with Crippen molar-refractivity contribution in [2.75, 3.05) is 11.9 Å². The van der Waals surface area contributed by atoms with E-state index in [1.807, 2.05) is 57.2 Å². The average molecular weight is 439 g/mol. The van der Waals surface area contributed by atoms with Crippen LogP contribution in [0.2, 0.25) is 0 Å². The molecule has 0 aromatic heterocycles. The summed E-state index contributed by atoms with van der Waals surface area (Å²) in [6, 6.07) is 13.1. The number of ether oxygens (including phenoxy) is 2. The van der Waals surface area contributed by atoms with E-state index in [2.05, 4.69) is 27.9 Å². The standard InChI is InChI=1S/C19H22INO3/c1-4-23-18-10-5-14(11-15(18)12-24-13(2)3)19(22)21-17-8-6-16(20)7-9-17/h5-11,13H,4,12H2,1-3H3,(H,21,22). The molecule has 0 atom stereocenters. The lowest BCUT2D eigenvalue weighted by Gasteiger charge is -2.14. The van der Waals surface area contributed by atoms with Gasteiger partial charge in [0.1, 0.15) is 5.75 Å². The summed E-state index contributed by atoms with van der Waals surface area (Å²) in [4.78, 5) is 12.5. The molecule has 5 heteroatoms. The lowest BCUT2D eigenvalue weighted by Crippen LogP contribution is -2.13. The second-order valence-electron chi connectivity index (χ2n) is 5.58. The van der Waals surface area contributed by atoms with E-state index in [1.54, 1.807) is 6.07 Å². The molecule has 0 radical (unpaired) electrons. The zero-order chi connectivity index (χ0) is 17.5. The van der Waals surface area contributed by atoms with Gasteiger partial charge < -0.3 is 14.8 Å². The Hall–Kier alpha value is -1.60. The topological polar surface area (TPSA) is 47.6 Å². The maximum Gasteiger partial charge on any atom is 0.255 e. The third-order valence-corrected chi connectivity index (χ3v) is 4.02. The number of rotatable bonds is 7. The van der Waals surface area contributed by atoms with Crippen LogP contribution in [-0.4, -0.2) is 18.6 Å². The Morgan fingerprint density at radius 1 is 1.17 bits per heavy atom. The predicted molar refractivity (Wildman–Crippen MR) is 105 cm³/mol. The van der Waals surface area contributed by atoms with E-state index in [0.29, 0.717) is 18.8 Å². The molecule has 0 saturated heterocycles. The van der Waals surface area contributed by atoms with Gasteiger partial charge in [-0.25, -0.2) is 0 Å². The minimum atomic E-state index is -0.148. The van der Waals surface area contributed by atoms with Crippen molar-refractivity contribution >= 4 is 34.2 Å². The molecule has 128 valence electrons. The van der Waals surface area contributed by atoms with Gasteiger partial charge in [-0.3, -0.25) is 4.79 Å². The maximum atomic E-state index is 12.5.